The van der Waals surface area contributed by atoms with Gasteiger partial charge in [0, 0.05) is 31.4 Å². The summed E-state index contributed by atoms with van der Waals surface area (Å²) in [6.07, 6.45) is 5.63. The Kier molecular flexibility index (Phi) is 5.53. The Balaban J connectivity index is 2.35. The molecule has 114 valence electrons. The topological polar surface area (TPSA) is 42.7 Å². The molecule has 2 aromatic heterocycles. The van der Waals surface area contributed by atoms with E-state index in [0.717, 1.165) is 29.6 Å². The molecule has 0 radical (unpaired) electrons. The number of nitrogens with one attached hydrogen (secondary N) is 1. The van der Waals surface area contributed by atoms with Gasteiger partial charge in [0.2, 0.25) is 0 Å². The Morgan fingerprint density at radius 1 is 1.38 bits per heavy atom. The van der Waals surface area contributed by atoms with E-state index in [9.17, 15) is 0 Å². The zero-order chi connectivity index (χ0) is 15.4. The SMILES string of the molecule is CCc1nn(CC)c(CC(NC)c2ccncc2C)c1Br. The summed E-state index contributed by atoms with van der Waals surface area (Å²) in [5.41, 5.74) is 4.89. The number of rotatable bonds is 6. The highest BCUT2D eigenvalue weighted by Crippen LogP contribution is 2.28. The van der Waals surface area contributed by atoms with Gasteiger partial charge in [0.25, 0.3) is 0 Å². The van der Waals surface area contributed by atoms with Gasteiger partial charge in [0.1, 0.15) is 0 Å². The van der Waals surface area contributed by atoms with E-state index in [4.69, 9.17) is 0 Å². The maximum absolute atomic E-state index is 4.68. The number of likely N-dealkylation sites (N-methyl/N-ethyl adjacent to an activating group) is 1. The predicted octanol–water partition coefficient (Wildman–Crippen LogP) is 3.43. The first-order chi connectivity index (χ1) is 10.1. The van der Waals surface area contributed by atoms with Crippen molar-refractivity contribution in [1.29, 1.82) is 0 Å². The van der Waals surface area contributed by atoms with E-state index in [0.29, 0.717) is 0 Å². The van der Waals surface area contributed by atoms with Crippen molar-refractivity contribution < 1.29 is 0 Å². The molecule has 5 heteroatoms. The van der Waals surface area contributed by atoms with Crippen molar-refractivity contribution in [3.8, 4) is 0 Å². The highest BCUT2D eigenvalue weighted by molar-refractivity contribution is 9.10. The monoisotopic (exact) mass is 350 g/mol. The quantitative estimate of drug-likeness (QED) is 0.867. The summed E-state index contributed by atoms with van der Waals surface area (Å²) < 4.78 is 3.25. The zero-order valence-corrected chi connectivity index (χ0v) is 14.7. The first-order valence-corrected chi connectivity index (χ1v) is 8.23. The van der Waals surface area contributed by atoms with E-state index in [-0.39, 0.29) is 6.04 Å². The molecule has 2 heterocycles. The lowest BCUT2D eigenvalue weighted by Gasteiger charge is -2.19. The minimum Gasteiger partial charge on any atom is -0.313 e. The maximum atomic E-state index is 4.68. The van der Waals surface area contributed by atoms with E-state index in [1.165, 1.54) is 16.8 Å². The summed E-state index contributed by atoms with van der Waals surface area (Å²) in [6.45, 7) is 7.27. The van der Waals surface area contributed by atoms with Gasteiger partial charge in [0.15, 0.2) is 0 Å². The predicted molar refractivity (Wildman–Crippen MR) is 89.5 cm³/mol. The van der Waals surface area contributed by atoms with Gasteiger partial charge in [-0.05, 0) is 60.4 Å². The maximum Gasteiger partial charge on any atom is 0.0766 e. The van der Waals surface area contributed by atoms with Crippen LogP contribution in [0.5, 0.6) is 0 Å². The molecule has 0 saturated heterocycles. The van der Waals surface area contributed by atoms with Crippen molar-refractivity contribution in [2.24, 2.45) is 0 Å². The summed E-state index contributed by atoms with van der Waals surface area (Å²) in [4.78, 5) is 4.18. The van der Waals surface area contributed by atoms with Crippen LogP contribution in [-0.4, -0.2) is 21.8 Å². The highest BCUT2D eigenvalue weighted by atomic mass is 79.9. The van der Waals surface area contributed by atoms with Gasteiger partial charge < -0.3 is 5.32 Å². The molecule has 1 unspecified atom stereocenters. The Morgan fingerprint density at radius 3 is 2.71 bits per heavy atom. The van der Waals surface area contributed by atoms with Gasteiger partial charge in [-0.3, -0.25) is 9.67 Å². The van der Waals surface area contributed by atoms with Crippen LogP contribution in [0.4, 0.5) is 0 Å². The minimum absolute atomic E-state index is 0.260. The molecule has 4 nitrogen and oxygen atoms in total. The first kappa shape index (κ1) is 16.2. The Bertz CT molecular complexity index is 606. The summed E-state index contributed by atoms with van der Waals surface area (Å²) in [5, 5.41) is 8.10. The van der Waals surface area contributed by atoms with Gasteiger partial charge in [-0.2, -0.15) is 5.10 Å². The van der Waals surface area contributed by atoms with Crippen LogP contribution in [0.1, 0.15) is 42.4 Å². The molecule has 0 aliphatic carbocycles. The second-order valence-electron chi connectivity index (χ2n) is 5.15. The van der Waals surface area contributed by atoms with Crippen LogP contribution in [-0.2, 0) is 19.4 Å². The molecule has 0 fully saturated rings. The molecule has 0 aromatic carbocycles. The Hall–Kier alpha value is -1.20. The Morgan fingerprint density at radius 2 is 2.14 bits per heavy atom. The third-order valence-electron chi connectivity index (χ3n) is 3.88. The fourth-order valence-electron chi connectivity index (χ4n) is 2.65. The van der Waals surface area contributed by atoms with Crippen molar-refractivity contribution in [1.82, 2.24) is 20.1 Å². The number of aryl methyl sites for hydroxylation is 3. The molecular formula is C16H23BrN4. The highest BCUT2D eigenvalue weighted by Gasteiger charge is 2.19. The second-order valence-corrected chi connectivity index (χ2v) is 5.95. The van der Waals surface area contributed by atoms with Crippen molar-refractivity contribution in [2.75, 3.05) is 7.05 Å². The van der Waals surface area contributed by atoms with Crippen LogP contribution < -0.4 is 5.32 Å². The third kappa shape index (κ3) is 3.35. The van der Waals surface area contributed by atoms with E-state index in [2.05, 4.69) is 62.8 Å². The number of pyridine rings is 1. The number of nitrogens with zero attached hydrogens (tertiary/aromatic N) is 3. The lowest BCUT2D eigenvalue weighted by atomic mass is 9.99. The van der Waals surface area contributed by atoms with E-state index < -0.39 is 0 Å². The lowest BCUT2D eigenvalue weighted by Crippen LogP contribution is -2.21. The molecule has 0 aliphatic heterocycles. The molecule has 0 saturated carbocycles. The van der Waals surface area contributed by atoms with Crippen LogP contribution in [0.2, 0.25) is 0 Å². The van der Waals surface area contributed by atoms with Gasteiger partial charge >= 0.3 is 0 Å². The molecule has 21 heavy (non-hydrogen) atoms. The van der Waals surface area contributed by atoms with Crippen molar-refractivity contribution in [3.63, 3.8) is 0 Å². The average Bonchev–Trinajstić information content (AvgIpc) is 2.81. The largest absolute Gasteiger partial charge is 0.313 e. The molecule has 2 aromatic rings. The summed E-state index contributed by atoms with van der Waals surface area (Å²) in [7, 11) is 2.01. The molecule has 0 spiro atoms. The summed E-state index contributed by atoms with van der Waals surface area (Å²) in [6, 6.07) is 2.36. The fraction of sp³-hybridized carbons (Fsp3) is 0.500. The number of hydrogen-bond acceptors (Lipinski definition) is 3. The van der Waals surface area contributed by atoms with Crippen LogP contribution >= 0.6 is 15.9 Å². The smallest absolute Gasteiger partial charge is 0.0766 e. The van der Waals surface area contributed by atoms with Crippen LogP contribution in [0, 0.1) is 6.92 Å². The van der Waals surface area contributed by atoms with E-state index >= 15 is 0 Å². The number of hydrogen-bond donors (Lipinski definition) is 1. The molecular weight excluding hydrogens is 328 g/mol. The summed E-state index contributed by atoms with van der Waals surface area (Å²) >= 11 is 3.73. The van der Waals surface area contributed by atoms with Crippen molar-refractivity contribution in [2.45, 2.75) is 46.2 Å². The third-order valence-corrected chi connectivity index (χ3v) is 4.79. The normalized spacial score (nSPS) is 12.6. The minimum atomic E-state index is 0.260. The van der Waals surface area contributed by atoms with Crippen LogP contribution in [0.25, 0.3) is 0 Å². The number of aromatic nitrogens is 3. The van der Waals surface area contributed by atoms with Crippen LogP contribution in [0.3, 0.4) is 0 Å². The molecule has 2 rings (SSSR count). The van der Waals surface area contributed by atoms with Crippen LogP contribution in [0.15, 0.2) is 22.9 Å². The van der Waals surface area contributed by atoms with Gasteiger partial charge in [-0.15, -0.1) is 0 Å². The number of halogens is 1. The van der Waals surface area contributed by atoms with Crippen molar-refractivity contribution in [3.05, 3.63) is 45.4 Å². The lowest BCUT2D eigenvalue weighted by molar-refractivity contribution is 0.537. The van der Waals surface area contributed by atoms with Gasteiger partial charge in [-0.1, -0.05) is 6.92 Å². The first-order valence-electron chi connectivity index (χ1n) is 7.44. The molecule has 0 aliphatic rings. The Labute approximate surface area is 135 Å². The van der Waals surface area contributed by atoms with E-state index in [1.807, 2.05) is 19.4 Å². The summed E-state index contributed by atoms with van der Waals surface area (Å²) in [5.74, 6) is 0. The fourth-order valence-corrected chi connectivity index (χ4v) is 3.37. The zero-order valence-electron chi connectivity index (χ0n) is 13.2. The van der Waals surface area contributed by atoms with Crippen molar-refractivity contribution >= 4 is 15.9 Å². The second kappa shape index (κ2) is 7.18. The van der Waals surface area contributed by atoms with Gasteiger partial charge in [0.05, 0.1) is 15.9 Å². The molecule has 0 amide bonds. The molecule has 1 atom stereocenters. The van der Waals surface area contributed by atoms with E-state index in [1.54, 1.807) is 0 Å². The standard InChI is InChI=1S/C16H23BrN4/c1-5-13-16(17)15(21(6-2)20-13)9-14(18-4)12-7-8-19-10-11(12)3/h7-8,10,14,18H,5-6,9H2,1-4H3. The molecule has 0 bridgehead atoms. The molecule has 1 N–H and O–H groups in total. The van der Waals surface area contributed by atoms with Gasteiger partial charge in [-0.25, -0.2) is 0 Å². The average molecular weight is 351 g/mol.